The van der Waals surface area contributed by atoms with Crippen LogP contribution in [0.5, 0.6) is 0 Å². The molecule has 1 amide bonds. The summed E-state index contributed by atoms with van der Waals surface area (Å²) in [5.74, 6) is -0.0289. The van der Waals surface area contributed by atoms with Crippen LogP contribution in [0, 0.1) is 20.8 Å². The van der Waals surface area contributed by atoms with E-state index < -0.39 is 6.10 Å². The first-order valence-electron chi connectivity index (χ1n) is 6.25. The number of aryl methyl sites for hydroxylation is 3. The first kappa shape index (κ1) is 13.1. The molecule has 0 spiro atoms. The molecule has 4 nitrogen and oxygen atoms in total. The van der Waals surface area contributed by atoms with Gasteiger partial charge in [0.15, 0.2) is 0 Å². The van der Waals surface area contributed by atoms with Crippen LogP contribution in [0.15, 0.2) is 12.1 Å². The maximum atomic E-state index is 12.3. The molecular formula is C14H20N2O2. The fourth-order valence-electron chi connectivity index (χ4n) is 2.63. The number of hydrogen-bond acceptors (Lipinski definition) is 3. The second-order valence-electron chi connectivity index (χ2n) is 4.83. The minimum atomic E-state index is -0.501. The third kappa shape index (κ3) is 2.26. The van der Waals surface area contributed by atoms with Gasteiger partial charge in [-0.15, -0.1) is 0 Å². The first-order valence-corrected chi connectivity index (χ1v) is 6.25. The number of nitrogens with two attached hydrogens (primary N) is 1. The molecule has 18 heavy (non-hydrogen) atoms. The van der Waals surface area contributed by atoms with Crippen molar-refractivity contribution in [3.05, 3.63) is 28.8 Å². The van der Waals surface area contributed by atoms with Crippen LogP contribution in [0.3, 0.4) is 0 Å². The average Bonchev–Trinajstić information content (AvgIpc) is 2.30. The molecule has 4 heteroatoms. The topological polar surface area (TPSA) is 55.6 Å². The molecule has 1 heterocycles. The summed E-state index contributed by atoms with van der Waals surface area (Å²) in [6.45, 7) is 7.51. The molecule has 0 radical (unpaired) electrons. The van der Waals surface area contributed by atoms with Gasteiger partial charge < -0.3 is 15.4 Å². The molecule has 1 atom stereocenters. The van der Waals surface area contributed by atoms with Crippen molar-refractivity contribution in [3.63, 3.8) is 0 Å². The Morgan fingerprint density at radius 3 is 2.50 bits per heavy atom. The van der Waals surface area contributed by atoms with E-state index in [9.17, 15) is 4.79 Å². The molecule has 1 aliphatic heterocycles. The predicted molar refractivity (Wildman–Crippen MR) is 71.8 cm³/mol. The van der Waals surface area contributed by atoms with E-state index in [1.54, 1.807) is 0 Å². The van der Waals surface area contributed by atoms with Gasteiger partial charge in [-0.2, -0.15) is 0 Å². The lowest BCUT2D eigenvalue weighted by molar-refractivity contribution is -0.133. The maximum absolute atomic E-state index is 12.3. The van der Waals surface area contributed by atoms with Crippen molar-refractivity contribution in [1.29, 1.82) is 0 Å². The normalized spacial score (nSPS) is 20.3. The van der Waals surface area contributed by atoms with Crippen LogP contribution in [-0.2, 0) is 9.53 Å². The number of morpholine rings is 1. The number of carbonyl (C=O) groups excluding carboxylic acids is 1. The van der Waals surface area contributed by atoms with E-state index >= 15 is 0 Å². The first-order chi connectivity index (χ1) is 8.54. The van der Waals surface area contributed by atoms with E-state index in [-0.39, 0.29) is 12.5 Å². The Kier molecular flexibility index (Phi) is 3.68. The molecule has 1 aromatic carbocycles. The van der Waals surface area contributed by atoms with Crippen LogP contribution in [0.4, 0.5) is 5.69 Å². The number of hydrogen-bond donors (Lipinski definition) is 1. The van der Waals surface area contributed by atoms with Gasteiger partial charge in [0.05, 0.1) is 6.61 Å². The summed E-state index contributed by atoms with van der Waals surface area (Å²) < 4.78 is 5.38. The number of ether oxygens (including phenoxy) is 1. The number of nitrogens with zero attached hydrogens (tertiary/aromatic N) is 1. The van der Waals surface area contributed by atoms with Crippen LogP contribution in [0.1, 0.15) is 16.7 Å². The minimum Gasteiger partial charge on any atom is -0.365 e. The Balaban J connectivity index is 2.39. The van der Waals surface area contributed by atoms with Gasteiger partial charge in [-0.3, -0.25) is 4.79 Å². The molecule has 0 aliphatic carbocycles. The Labute approximate surface area is 108 Å². The second kappa shape index (κ2) is 5.08. The van der Waals surface area contributed by atoms with Crippen molar-refractivity contribution in [2.75, 3.05) is 24.6 Å². The minimum absolute atomic E-state index is 0.0289. The number of anilines is 1. The van der Waals surface area contributed by atoms with E-state index in [1.807, 2.05) is 18.7 Å². The van der Waals surface area contributed by atoms with Gasteiger partial charge in [-0.25, -0.2) is 0 Å². The Hall–Kier alpha value is -1.39. The monoisotopic (exact) mass is 248 g/mol. The number of benzene rings is 1. The standard InChI is InChI=1S/C14H20N2O2/c1-9-6-10(2)13(11(3)7-9)16-4-5-18-12(8-15)14(16)17/h6-7,12H,4-5,8,15H2,1-3H3. The van der Waals surface area contributed by atoms with Crippen LogP contribution >= 0.6 is 0 Å². The van der Waals surface area contributed by atoms with E-state index in [1.165, 1.54) is 5.56 Å². The molecule has 1 saturated heterocycles. The molecule has 0 bridgehead atoms. The third-order valence-corrected chi connectivity index (χ3v) is 3.29. The molecule has 0 saturated carbocycles. The molecule has 98 valence electrons. The third-order valence-electron chi connectivity index (χ3n) is 3.29. The highest BCUT2D eigenvalue weighted by molar-refractivity contribution is 5.98. The zero-order chi connectivity index (χ0) is 13.3. The van der Waals surface area contributed by atoms with Crippen molar-refractivity contribution >= 4 is 11.6 Å². The Morgan fingerprint density at radius 1 is 1.33 bits per heavy atom. The Morgan fingerprint density at radius 2 is 1.94 bits per heavy atom. The fraction of sp³-hybridized carbons (Fsp3) is 0.500. The second-order valence-corrected chi connectivity index (χ2v) is 4.83. The molecule has 2 rings (SSSR count). The highest BCUT2D eigenvalue weighted by Crippen LogP contribution is 2.28. The zero-order valence-electron chi connectivity index (χ0n) is 11.2. The fourth-order valence-corrected chi connectivity index (χ4v) is 2.63. The van der Waals surface area contributed by atoms with Gasteiger partial charge in [0.2, 0.25) is 0 Å². The lowest BCUT2D eigenvalue weighted by atomic mass is 10.0. The SMILES string of the molecule is Cc1cc(C)c(N2CCOC(CN)C2=O)c(C)c1. The van der Waals surface area contributed by atoms with Crippen molar-refractivity contribution in [1.82, 2.24) is 0 Å². The van der Waals surface area contributed by atoms with Crippen molar-refractivity contribution in [2.45, 2.75) is 26.9 Å². The smallest absolute Gasteiger partial charge is 0.257 e. The van der Waals surface area contributed by atoms with Gasteiger partial charge in [0, 0.05) is 18.8 Å². The van der Waals surface area contributed by atoms with E-state index in [0.717, 1.165) is 16.8 Å². The predicted octanol–water partition coefficient (Wildman–Crippen LogP) is 1.30. The van der Waals surface area contributed by atoms with Crippen molar-refractivity contribution in [3.8, 4) is 0 Å². The van der Waals surface area contributed by atoms with E-state index in [0.29, 0.717) is 13.2 Å². The van der Waals surface area contributed by atoms with Gasteiger partial charge in [0.25, 0.3) is 5.91 Å². The molecule has 0 aromatic heterocycles. The lowest BCUT2D eigenvalue weighted by Gasteiger charge is -2.34. The van der Waals surface area contributed by atoms with Gasteiger partial charge in [0.1, 0.15) is 6.10 Å². The summed E-state index contributed by atoms with van der Waals surface area (Å²) in [6.07, 6.45) is -0.501. The van der Waals surface area contributed by atoms with E-state index in [4.69, 9.17) is 10.5 Å². The van der Waals surface area contributed by atoms with Gasteiger partial charge >= 0.3 is 0 Å². The molecule has 2 N–H and O–H groups in total. The number of rotatable bonds is 2. The summed E-state index contributed by atoms with van der Waals surface area (Å²) in [4.78, 5) is 14.1. The largest absolute Gasteiger partial charge is 0.365 e. The molecule has 1 fully saturated rings. The van der Waals surface area contributed by atoms with Crippen LogP contribution in [0.2, 0.25) is 0 Å². The average molecular weight is 248 g/mol. The molecule has 1 unspecified atom stereocenters. The summed E-state index contributed by atoms with van der Waals surface area (Å²) >= 11 is 0. The Bertz CT molecular complexity index is 448. The molecule has 1 aliphatic rings. The molecular weight excluding hydrogens is 228 g/mol. The van der Waals surface area contributed by atoms with Crippen LogP contribution in [0.25, 0.3) is 0 Å². The summed E-state index contributed by atoms with van der Waals surface area (Å²) in [5, 5.41) is 0. The highest BCUT2D eigenvalue weighted by atomic mass is 16.5. The van der Waals surface area contributed by atoms with Crippen molar-refractivity contribution < 1.29 is 9.53 Å². The van der Waals surface area contributed by atoms with Gasteiger partial charge in [-0.05, 0) is 31.9 Å². The summed E-state index contributed by atoms with van der Waals surface area (Å²) in [5.41, 5.74) is 10.0. The lowest BCUT2D eigenvalue weighted by Crippen LogP contribution is -2.51. The van der Waals surface area contributed by atoms with Crippen molar-refractivity contribution in [2.24, 2.45) is 5.73 Å². The quantitative estimate of drug-likeness (QED) is 0.858. The summed E-state index contributed by atoms with van der Waals surface area (Å²) in [7, 11) is 0. The maximum Gasteiger partial charge on any atom is 0.257 e. The zero-order valence-corrected chi connectivity index (χ0v) is 11.2. The summed E-state index contributed by atoms with van der Waals surface area (Å²) in [6, 6.07) is 4.20. The number of amides is 1. The van der Waals surface area contributed by atoms with Crippen LogP contribution < -0.4 is 10.6 Å². The van der Waals surface area contributed by atoms with Gasteiger partial charge in [-0.1, -0.05) is 17.7 Å². The highest BCUT2D eigenvalue weighted by Gasteiger charge is 2.30. The number of carbonyl (C=O) groups is 1. The van der Waals surface area contributed by atoms with Crippen LogP contribution in [-0.4, -0.2) is 31.7 Å². The molecule has 1 aromatic rings. The van der Waals surface area contributed by atoms with E-state index in [2.05, 4.69) is 19.1 Å².